The summed E-state index contributed by atoms with van der Waals surface area (Å²) >= 11 is 2.71. The van der Waals surface area contributed by atoms with Gasteiger partial charge in [-0.15, -0.1) is 11.8 Å². The van der Waals surface area contributed by atoms with E-state index in [9.17, 15) is 24.0 Å². The minimum Gasteiger partial charge on any atom is -0.456 e. The van der Waals surface area contributed by atoms with Crippen molar-refractivity contribution in [3.8, 4) is 0 Å². The summed E-state index contributed by atoms with van der Waals surface area (Å²) in [6, 6.07) is 2.26. The Morgan fingerprint density at radius 2 is 1.86 bits per heavy atom. The molecule has 3 amide bonds. The van der Waals surface area contributed by atoms with Crippen molar-refractivity contribution in [1.29, 1.82) is 0 Å². The largest absolute Gasteiger partial charge is 0.456 e. The van der Waals surface area contributed by atoms with Crippen LogP contribution in [0.25, 0.3) is 0 Å². The van der Waals surface area contributed by atoms with Gasteiger partial charge in [-0.1, -0.05) is 70.4 Å². The van der Waals surface area contributed by atoms with Crippen LogP contribution in [0.4, 0.5) is 0 Å². The summed E-state index contributed by atoms with van der Waals surface area (Å²) in [6.45, 7) is 7.33. The summed E-state index contributed by atoms with van der Waals surface area (Å²) < 4.78 is 5.73. The van der Waals surface area contributed by atoms with Gasteiger partial charge in [-0.05, 0) is 50.1 Å². The Kier molecular flexibility index (Phi) is 16.9. The highest BCUT2D eigenvalue weighted by Gasteiger charge is 2.30. The molecular weight excluding hydrogens is 601 g/mol. The first-order chi connectivity index (χ1) is 21.1. The van der Waals surface area contributed by atoms with E-state index in [0.29, 0.717) is 24.3 Å². The standard InChI is InChI=1S/C32H46N4O6S2/c1-6-8-9-10-11-15-28(38)44-18-13-12-14-22-19-27(37)33-20-25-26(43-5)17-16-24(34-25)31(40)35-23(7-2)30(39)36-29(21(3)4)32(41)42-22/h7,12,14,16-17,21-22,29H,6,8-11,13,15,18-20H2,1-5H3,(H,33,37)(H,35,40)(H,36,39)/b14-12+,23-7-/t22-,29+/m1/s1. The number of nitrogens with zero attached hydrogens (tertiary/aromatic N) is 1. The second kappa shape index (κ2) is 20.0. The monoisotopic (exact) mass is 646 g/mol. The molecule has 242 valence electrons. The number of hydrogen-bond donors (Lipinski definition) is 3. The maximum absolute atomic E-state index is 13.3. The van der Waals surface area contributed by atoms with E-state index in [2.05, 4.69) is 27.9 Å². The van der Waals surface area contributed by atoms with Crippen molar-refractivity contribution >= 4 is 52.3 Å². The number of esters is 1. The summed E-state index contributed by atoms with van der Waals surface area (Å²) in [5.74, 6) is -2.09. The zero-order chi connectivity index (χ0) is 32.5. The quantitative estimate of drug-likeness (QED) is 0.0932. The minimum absolute atomic E-state index is 0.0319. The Morgan fingerprint density at radius 3 is 2.55 bits per heavy atom. The topological polar surface area (TPSA) is 144 Å². The Morgan fingerprint density at radius 1 is 1.11 bits per heavy atom. The lowest BCUT2D eigenvalue weighted by atomic mass is 10.0. The molecule has 44 heavy (non-hydrogen) atoms. The fourth-order valence-electron chi connectivity index (χ4n) is 4.33. The summed E-state index contributed by atoms with van der Waals surface area (Å²) in [5, 5.41) is 8.21. The van der Waals surface area contributed by atoms with Crippen molar-refractivity contribution in [2.75, 3.05) is 12.0 Å². The molecule has 0 unspecified atom stereocenters. The molecule has 0 radical (unpaired) electrons. The number of unbranched alkanes of at least 4 members (excludes halogenated alkanes) is 4. The van der Waals surface area contributed by atoms with E-state index in [1.165, 1.54) is 42.4 Å². The van der Waals surface area contributed by atoms with Gasteiger partial charge in [0.25, 0.3) is 11.8 Å². The molecule has 0 aromatic carbocycles. The molecule has 1 aromatic heterocycles. The van der Waals surface area contributed by atoms with Crippen LogP contribution in [-0.2, 0) is 30.5 Å². The van der Waals surface area contributed by atoms with Gasteiger partial charge in [-0.3, -0.25) is 19.2 Å². The smallest absolute Gasteiger partial charge is 0.329 e. The lowest BCUT2D eigenvalue weighted by molar-refractivity contribution is -0.153. The van der Waals surface area contributed by atoms with E-state index >= 15 is 0 Å². The summed E-state index contributed by atoms with van der Waals surface area (Å²) in [7, 11) is 0. The third-order valence-corrected chi connectivity index (χ3v) is 8.64. The number of pyridine rings is 1. The number of aromatic nitrogens is 1. The highest BCUT2D eigenvalue weighted by Crippen LogP contribution is 2.20. The van der Waals surface area contributed by atoms with Crippen LogP contribution < -0.4 is 16.0 Å². The average molecular weight is 647 g/mol. The van der Waals surface area contributed by atoms with Crippen LogP contribution in [0.5, 0.6) is 0 Å². The molecule has 0 saturated heterocycles. The van der Waals surface area contributed by atoms with Gasteiger partial charge >= 0.3 is 5.97 Å². The molecule has 3 N–H and O–H groups in total. The molecule has 2 bridgehead atoms. The van der Waals surface area contributed by atoms with Crippen LogP contribution in [0, 0.1) is 5.92 Å². The molecular formula is C32H46N4O6S2. The van der Waals surface area contributed by atoms with Crippen molar-refractivity contribution in [1.82, 2.24) is 20.9 Å². The third kappa shape index (κ3) is 12.9. The van der Waals surface area contributed by atoms with Gasteiger partial charge in [-0.2, -0.15) is 0 Å². The number of carbonyl (C=O) groups excluding carboxylic acids is 5. The first-order valence-corrected chi connectivity index (χ1v) is 17.4. The summed E-state index contributed by atoms with van der Waals surface area (Å²) in [5.41, 5.74) is 0.545. The lowest BCUT2D eigenvalue weighted by Crippen LogP contribution is -2.48. The molecule has 0 fully saturated rings. The van der Waals surface area contributed by atoms with Crippen molar-refractivity contribution in [2.45, 2.75) is 103 Å². The zero-order valence-electron chi connectivity index (χ0n) is 26.4. The van der Waals surface area contributed by atoms with Gasteiger partial charge in [-0.25, -0.2) is 9.78 Å². The number of cyclic esters (lactones) is 1. The molecule has 2 atom stereocenters. The third-order valence-electron chi connectivity index (χ3n) is 6.86. The molecule has 1 aromatic rings. The molecule has 2 heterocycles. The first-order valence-electron chi connectivity index (χ1n) is 15.2. The van der Waals surface area contributed by atoms with Gasteiger partial charge in [0.05, 0.1) is 18.7 Å². The van der Waals surface area contributed by atoms with Crippen LogP contribution >= 0.6 is 23.5 Å². The molecule has 10 nitrogen and oxygen atoms in total. The second-order valence-electron chi connectivity index (χ2n) is 10.8. The maximum Gasteiger partial charge on any atom is 0.329 e. The maximum atomic E-state index is 13.3. The van der Waals surface area contributed by atoms with Crippen LogP contribution in [0.1, 0.15) is 95.2 Å². The average Bonchev–Trinajstić information content (AvgIpc) is 2.99. The normalized spacial score (nSPS) is 19.5. The van der Waals surface area contributed by atoms with Crippen LogP contribution in [0.15, 0.2) is 41.0 Å². The number of allylic oxidation sites excluding steroid dienone is 2. The number of carbonyl (C=O) groups is 5. The molecule has 0 aliphatic carbocycles. The fraction of sp³-hybridized carbons (Fsp3) is 0.562. The molecule has 12 heteroatoms. The number of nitrogens with one attached hydrogen (secondary N) is 3. The van der Waals surface area contributed by atoms with Gasteiger partial charge < -0.3 is 20.7 Å². The van der Waals surface area contributed by atoms with Gasteiger partial charge in [0, 0.05) is 17.1 Å². The fourth-order valence-corrected chi connectivity index (χ4v) is 5.66. The Hall–Kier alpha value is -3.12. The SMILES string of the molecule is C/C=C1\NC(=O)c2ccc(SC)c(n2)CNC(=O)C[C@@H](/C=C/CCSC(=O)CCCCCCC)OC(=O)[C@H](C(C)C)NC1=O. The summed E-state index contributed by atoms with van der Waals surface area (Å²) in [6.07, 6.45) is 12.3. The van der Waals surface area contributed by atoms with E-state index in [1.54, 1.807) is 45.1 Å². The minimum atomic E-state index is -1.03. The molecule has 0 saturated carbocycles. The highest BCUT2D eigenvalue weighted by atomic mass is 32.2. The zero-order valence-corrected chi connectivity index (χ0v) is 28.0. The van der Waals surface area contributed by atoms with E-state index in [0.717, 1.165) is 24.2 Å². The number of hydrogen-bond acceptors (Lipinski definition) is 9. The highest BCUT2D eigenvalue weighted by molar-refractivity contribution is 8.13. The number of ether oxygens (including phenoxy) is 1. The van der Waals surface area contributed by atoms with E-state index in [1.807, 2.05) is 6.26 Å². The number of amides is 3. The second-order valence-corrected chi connectivity index (χ2v) is 12.8. The Bertz CT molecular complexity index is 1220. The van der Waals surface area contributed by atoms with Crippen molar-refractivity contribution < 1.29 is 28.7 Å². The van der Waals surface area contributed by atoms with Crippen molar-refractivity contribution in [2.24, 2.45) is 5.92 Å². The Balaban J connectivity index is 2.20. The molecule has 1 aliphatic heterocycles. The van der Waals surface area contributed by atoms with E-state index < -0.39 is 29.9 Å². The molecule has 2 rings (SSSR count). The Labute approximate surface area is 269 Å². The van der Waals surface area contributed by atoms with Crippen molar-refractivity contribution in [3.63, 3.8) is 0 Å². The van der Waals surface area contributed by atoms with E-state index in [4.69, 9.17) is 4.74 Å². The van der Waals surface area contributed by atoms with E-state index in [-0.39, 0.29) is 41.3 Å². The predicted molar refractivity (Wildman–Crippen MR) is 175 cm³/mol. The molecule has 1 aliphatic rings. The van der Waals surface area contributed by atoms with Crippen LogP contribution in [0.2, 0.25) is 0 Å². The summed E-state index contributed by atoms with van der Waals surface area (Å²) in [4.78, 5) is 69.6. The number of thioether (sulfide) groups is 2. The number of rotatable bonds is 12. The van der Waals surface area contributed by atoms with Gasteiger partial charge in [0.15, 0.2) is 5.12 Å². The van der Waals surface area contributed by atoms with Gasteiger partial charge in [0.2, 0.25) is 5.91 Å². The van der Waals surface area contributed by atoms with Crippen LogP contribution in [-0.4, -0.2) is 57.9 Å². The van der Waals surface area contributed by atoms with Crippen molar-refractivity contribution in [3.05, 3.63) is 47.4 Å². The number of fused-ring (bicyclic) bond motifs is 2. The lowest BCUT2D eigenvalue weighted by Gasteiger charge is -2.24. The van der Waals surface area contributed by atoms with Gasteiger partial charge in [0.1, 0.15) is 23.5 Å². The van der Waals surface area contributed by atoms with Crippen LogP contribution in [0.3, 0.4) is 0 Å². The first kappa shape index (κ1) is 37.1. The predicted octanol–water partition coefficient (Wildman–Crippen LogP) is 5.08. The molecule has 0 spiro atoms.